The maximum atomic E-state index is 11.4. The van der Waals surface area contributed by atoms with Crippen molar-refractivity contribution in [3.05, 3.63) is 0 Å². The molecule has 0 bridgehead atoms. The molecular weight excluding hydrogens is 178 g/mol. The number of hydrogen-bond acceptors (Lipinski definition) is 3. The zero-order chi connectivity index (χ0) is 10.8. The molecule has 3 heteroatoms. The van der Waals surface area contributed by atoms with Crippen LogP contribution < -0.4 is 5.73 Å². The molecule has 0 aromatic heterocycles. The van der Waals surface area contributed by atoms with Gasteiger partial charge < -0.3 is 10.5 Å². The van der Waals surface area contributed by atoms with Crippen LogP contribution in [0.2, 0.25) is 0 Å². The van der Waals surface area contributed by atoms with Gasteiger partial charge in [-0.25, -0.2) is 0 Å². The summed E-state index contributed by atoms with van der Waals surface area (Å²) in [7, 11) is 1.64. The minimum atomic E-state index is -0.344. The number of rotatable bonds is 7. The maximum absolute atomic E-state index is 11.4. The Balaban J connectivity index is 3.57. The molecule has 0 heterocycles. The number of ketones is 1. The van der Waals surface area contributed by atoms with Gasteiger partial charge in [-0.15, -0.1) is 11.8 Å². The molecule has 0 aliphatic heterocycles. The number of carbonyl (C=O) groups is 1. The Hall–Kier alpha value is -0.850. The van der Waals surface area contributed by atoms with E-state index in [1.165, 1.54) is 0 Å². The van der Waals surface area contributed by atoms with E-state index in [1.807, 2.05) is 0 Å². The Morgan fingerprint density at radius 1 is 1.57 bits per heavy atom. The van der Waals surface area contributed by atoms with Crippen molar-refractivity contribution in [3.63, 3.8) is 0 Å². The summed E-state index contributed by atoms with van der Waals surface area (Å²) in [6.45, 7) is 2.43. The monoisotopic (exact) mass is 197 g/mol. The lowest BCUT2D eigenvalue weighted by atomic mass is 10.0. The molecule has 2 N–H and O–H groups in total. The van der Waals surface area contributed by atoms with Crippen LogP contribution in [0, 0.1) is 11.8 Å². The average molecular weight is 197 g/mol. The molecule has 0 aliphatic carbocycles. The zero-order valence-corrected chi connectivity index (χ0v) is 9.01. The van der Waals surface area contributed by atoms with E-state index >= 15 is 0 Å². The molecule has 0 saturated carbocycles. The minimum Gasteiger partial charge on any atom is -0.385 e. The molecule has 0 radical (unpaired) electrons. The summed E-state index contributed by atoms with van der Waals surface area (Å²) in [6, 6.07) is -0.344. The Labute approximate surface area is 86.0 Å². The quantitative estimate of drug-likeness (QED) is 0.491. The van der Waals surface area contributed by atoms with Gasteiger partial charge in [-0.05, 0) is 19.8 Å². The van der Waals surface area contributed by atoms with Crippen LogP contribution in [0.15, 0.2) is 0 Å². The van der Waals surface area contributed by atoms with Gasteiger partial charge in [-0.1, -0.05) is 0 Å². The van der Waals surface area contributed by atoms with Gasteiger partial charge in [0.15, 0.2) is 0 Å². The normalized spacial score (nSPS) is 11.6. The zero-order valence-electron chi connectivity index (χ0n) is 9.01. The standard InChI is InChI=1S/C11H19NO2/c1-3-4-5-8-11(13)10(12)7-6-9-14-2/h10H,5-9,12H2,1-2H3. The van der Waals surface area contributed by atoms with Crippen LogP contribution in [0.25, 0.3) is 0 Å². The first-order chi connectivity index (χ1) is 6.72. The second-order valence-electron chi connectivity index (χ2n) is 3.13. The molecule has 0 aromatic rings. The summed E-state index contributed by atoms with van der Waals surface area (Å²) in [4.78, 5) is 11.4. The lowest BCUT2D eigenvalue weighted by Gasteiger charge is -2.08. The van der Waals surface area contributed by atoms with Crippen molar-refractivity contribution in [1.82, 2.24) is 0 Å². The fourth-order valence-corrected chi connectivity index (χ4v) is 1.10. The van der Waals surface area contributed by atoms with Gasteiger partial charge in [0.1, 0.15) is 5.78 Å². The molecule has 0 aromatic carbocycles. The van der Waals surface area contributed by atoms with Crippen LogP contribution in [0.1, 0.15) is 32.6 Å². The lowest BCUT2D eigenvalue weighted by molar-refractivity contribution is -0.120. The third kappa shape index (κ3) is 6.64. The molecule has 3 nitrogen and oxygen atoms in total. The molecule has 0 aliphatic rings. The molecule has 1 atom stereocenters. The number of nitrogens with two attached hydrogens (primary N) is 1. The van der Waals surface area contributed by atoms with E-state index in [9.17, 15) is 4.79 Å². The van der Waals surface area contributed by atoms with Crippen molar-refractivity contribution >= 4 is 5.78 Å². The second kappa shape index (κ2) is 8.74. The van der Waals surface area contributed by atoms with Crippen LogP contribution in [0.5, 0.6) is 0 Å². The highest BCUT2D eigenvalue weighted by atomic mass is 16.5. The van der Waals surface area contributed by atoms with E-state index < -0.39 is 0 Å². The highest BCUT2D eigenvalue weighted by Gasteiger charge is 2.11. The van der Waals surface area contributed by atoms with Gasteiger partial charge in [-0.2, -0.15) is 0 Å². The highest BCUT2D eigenvalue weighted by molar-refractivity contribution is 5.83. The van der Waals surface area contributed by atoms with Crippen LogP contribution in [0.4, 0.5) is 0 Å². The second-order valence-corrected chi connectivity index (χ2v) is 3.13. The summed E-state index contributed by atoms with van der Waals surface area (Å²) >= 11 is 0. The summed E-state index contributed by atoms with van der Waals surface area (Å²) < 4.78 is 4.88. The third-order valence-electron chi connectivity index (χ3n) is 1.95. The predicted octanol–water partition coefficient (Wildman–Crippen LogP) is 1.11. The van der Waals surface area contributed by atoms with Gasteiger partial charge in [-0.3, -0.25) is 4.79 Å². The van der Waals surface area contributed by atoms with Gasteiger partial charge >= 0.3 is 0 Å². The van der Waals surface area contributed by atoms with Crippen molar-refractivity contribution in [1.29, 1.82) is 0 Å². The molecule has 80 valence electrons. The number of hydrogen-bond donors (Lipinski definition) is 1. The van der Waals surface area contributed by atoms with E-state index in [4.69, 9.17) is 10.5 Å². The van der Waals surface area contributed by atoms with Crippen molar-refractivity contribution in [2.45, 2.75) is 38.6 Å². The minimum absolute atomic E-state index is 0.101. The summed E-state index contributed by atoms with van der Waals surface area (Å²) in [5.41, 5.74) is 5.69. The fraction of sp³-hybridized carbons (Fsp3) is 0.727. The van der Waals surface area contributed by atoms with Gasteiger partial charge in [0, 0.05) is 26.6 Å². The first kappa shape index (κ1) is 13.2. The van der Waals surface area contributed by atoms with E-state index in [2.05, 4.69) is 11.8 Å². The van der Waals surface area contributed by atoms with Crippen molar-refractivity contribution < 1.29 is 9.53 Å². The van der Waals surface area contributed by atoms with E-state index in [-0.39, 0.29) is 11.8 Å². The average Bonchev–Trinajstić information content (AvgIpc) is 2.18. The molecule has 0 spiro atoms. The number of carbonyl (C=O) groups excluding carboxylic acids is 1. The number of ether oxygens (including phenoxy) is 1. The van der Waals surface area contributed by atoms with E-state index in [0.29, 0.717) is 25.9 Å². The molecule has 0 amide bonds. The van der Waals surface area contributed by atoms with Crippen LogP contribution in [-0.2, 0) is 9.53 Å². The Morgan fingerprint density at radius 3 is 2.86 bits per heavy atom. The topological polar surface area (TPSA) is 52.3 Å². The lowest BCUT2D eigenvalue weighted by Crippen LogP contribution is -2.30. The molecular formula is C11H19NO2. The Bertz CT molecular complexity index is 215. The van der Waals surface area contributed by atoms with Gasteiger partial charge in [0.25, 0.3) is 0 Å². The third-order valence-corrected chi connectivity index (χ3v) is 1.95. The fourth-order valence-electron chi connectivity index (χ4n) is 1.10. The maximum Gasteiger partial charge on any atom is 0.150 e. The number of methoxy groups -OCH3 is 1. The molecule has 1 unspecified atom stereocenters. The first-order valence-corrected chi connectivity index (χ1v) is 4.89. The van der Waals surface area contributed by atoms with Crippen molar-refractivity contribution in [2.75, 3.05) is 13.7 Å². The highest BCUT2D eigenvalue weighted by Crippen LogP contribution is 2.00. The SMILES string of the molecule is CC#CCCC(=O)C(N)CCCOC. The molecule has 0 fully saturated rings. The largest absolute Gasteiger partial charge is 0.385 e. The molecule has 0 rings (SSSR count). The smallest absolute Gasteiger partial charge is 0.150 e. The predicted molar refractivity (Wildman–Crippen MR) is 56.8 cm³/mol. The Morgan fingerprint density at radius 2 is 2.29 bits per heavy atom. The summed E-state index contributed by atoms with van der Waals surface area (Å²) in [6.07, 6.45) is 2.62. The molecule has 14 heavy (non-hydrogen) atoms. The van der Waals surface area contributed by atoms with Crippen molar-refractivity contribution in [3.8, 4) is 11.8 Å². The van der Waals surface area contributed by atoms with Crippen molar-refractivity contribution in [2.24, 2.45) is 5.73 Å². The van der Waals surface area contributed by atoms with Gasteiger partial charge in [0.05, 0.1) is 6.04 Å². The first-order valence-electron chi connectivity index (χ1n) is 4.89. The van der Waals surface area contributed by atoms with Gasteiger partial charge in [0.2, 0.25) is 0 Å². The van der Waals surface area contributed by atoms with Crippen LogP contribution in [0.3, 0.4) is 0 Å². The van der Waals surface area contributed by atoms with Crippen LogP contribution in [-0.4, -0.2) is 25.5 Å². The summed E-state index contributed by atoms with van der Waals surface area (Å²) in [5, 5.41) is 0. The Kier molecular flexibility index (Phi) is 8.20. The van der Waals surface area contributed by atoms with E-state index in [0.717, 1.165) is 6.42 Å². The number of Topliss-reactive ketones (excluding diaryl/α,β-unsaturated/α-hetero) is 1. The molecule has 0 saturated heterocycles. The summed E-state index contributed by atoms with van der Waals surface area (Å²) in [5.74, 6) is 5.70. The van der Waals surface area contributed by atoms with E-state index in [1.54, 1.807) is 14.0 Å². The van der Waals surface area contributed by atoms with Crippen LogP contribution >= 0.6 is 0 Å².